The Bertz CT molecular complexity index is 696. The molecule has 2 heterocycles. The van der Waals surface area contributed by atoms with Gasteiger partial charge in [0.25, 0.3) is 0 Å². The van der Waals surface area contributed by atoms with E-state index in [1.54, 1.807) is 11.8 Å². The van der Waals surface area contributed by atoms with Gasteiger partial charge in [0, 0.05) is 36.0 Å². The van der Waals surface area contributed by atoms with Crippen LogP contribution in [-0.4, -0.2) is 42.1 Å². The Morgan fingerprint density at radius 3 is 2.79 bits per heavy atom. The van der Waals surface area contributed by atoms with Crippen LogP contribution in [-0.2, 0) is 17.8 Å². The Morgan fingerprint density at radius 1 is 1.33 bits per heavy atom. The molecule has 2 aromatic rings. The second-order valence-electron chi connectivity index (χ2n) is 6.29. The summed E-state index contributed by atoms with van der Waals surface area (Å²) < 4.78 is 0. The quantitative estimate of drug-likeness (QED) is 0.752. The molecule has 1 atom stereocenters. The van der Waals surface area contributed by atoms with Crippen molar-refractivity contribution in [1.82, 2.24) is 9.80 Å². The molecule has 0 radical (unpaired) electrons. The average molecular weight is 361 g/mol. The van der Waals surface area contributed by atoms with Gasteiger partial charge in [-0.3, -0.25) is 9.69 Å². The van der Waals surface area contributed by atoms with Crippen LogP contribution in [0, 0.1) is 0 Å². The molecule has 5 heteroatoms. The molecule has 1 aliphatic rings. The van der Waals surface area contributed by atoms with Gasteiger partial charge in [0.2, 0.25) is 5.91 Å². The van der Waals surface area contributed by atoms with Crippen LogP contribution in [0.1, 0.15) is 29.0 Å². The molecule has 0 bridgehead atoms. The van der Waals surface area contributed by atoms with Crippen molar-refractivity contribution in [2.45, 2.75) is 30.8 Å². The van der Waals surface area contributed by atoms with Gasteiger partial charge in [-0.25, -0.2) is 0 Å². The van der Waals surface area contributed by atoms with Gasteiger partial charge in [-0.05, 0) is 54.3 Å². The molecule has 1 aromatic heterocycles. The van der Waals surface area contributed by atoms with Crippen molar-refractivity contribution in [3.05, 3.63) is 51.7 Å². The molecular weight excluding hydrogens is 336 g/mol. The standard InChI is InChI=1S/C19H24N2OS2/c1-14-17-9-11-24-18(17)8-10-21(14)13-19(22)20(2)12-15-4-6-16(23-3)7-5-15/h4-7,9,11,14H,8,10,12-13H2,1-3H3/t14-/m1/s1. The maximum absolute atomic E-state index is 12.6. The molecule has 3 nitrogen and oxygen atoms in total. The molecule has 1 amide bonds. The van der Waals surface area contributed by atoms with E-state index >= 15 is 0 Å². The van der Waals surface area contributed by atoms with Gasteiger partial charge >= 0.3 is 0 Å². The number of thioether (sulfide) groups is 1. The molecule has 0 spiro atoms. The molecule has 24 heavy (non-hydrogen) atoms. The van der Waals surface area contributed by atoms with E-state index in [4.69, 9.17) is 0 Å². The fraction of sp³-hybridized carbons (Fsp3) is 0.421. The smallest absolute Gasteiger partial charge is 0.236 e. The predicted molar refractivity (Wildman–Crippen MR) is 103 cm³/mol. The summed E-state index contributed by atoms with van der Waals surface area (Å²) in [6, 6.07) is 11.0. The number of rotatable bonds is 5. The minimum Gasteiger partial charge on any atom is -0.340 e. The highest BCUT2D eigenvalue weighted by atomic mass is 32.2. The Labute approximate surface area is 152 Å². The molecule has 0 saturated carbocycles. The summed E-state index contributed by atoms with van der Waals surface area (Å²) in [5.74, 6) is 0.189. The van der Waals surface area contributed by atoms with E-state index in [9.17, 15) is 4.79 Å². The zero-order valence-electron chi connectivity index (χ0n) is 14.5. The summed E-state index contributed by atoms with van der Waals surface area (Å²) in [7, 11) is 1.90. The van der Waals surface area contributed by atoms with Crippen molar-refractivity contribution in [1.29, 1.82) is 0 Å². The van der Waals surface area contributed by atoms with Gasteiger partial charge in [0.05, 0.1) is 6.54 Å². The normalized spacial score (nSPS) is 17.5. The highest BCUT2D eigenvalue weighted by Gasteiger charge is 2.26. The second kappa shape index (κ2) is 7.72. The molecule has 0 saturated heterocycles. The highest BCUT2D eigenvalue weighted by molar-refractivity contribution is 7.98. The van der Waals surface area contributed by atoms with Crippen LogP contribution in [0.4, 0.5) is 0 Å². The van der Waals surface area contributed by atoms with Crippen LogP contribution < -0.4 is 0 Å². The van der Waals surface area contributed by atoms with Crippen LogP contribution in [0.5, 0.6) is 0 Å². The number of hydrogen-bond donors (Lipinski definition) is 0. The van der Waals surface area contributed by atoms with E-state index < -0.39 is 0 Å². The first kappa shape index (κ1) is 17.5. The molecule has 1 aromatic carbocycles. The predicted octanol–water partition coefficient (Wildman–Crippen LogP) is 4.05. The van der Waals surface area contributed by atoms with Crippen LogP contribution in [0.2, 0.25) is 0 Å². The van der Waals surface area contributed by atoms with Crippen molar-refractivity contribution in [3.63, 3.8) is 0 Å². The Hall–Kier alpha value is -1.30. The first-order chi connectivity index (χ1) is 11.6. The first-order valence-electron chi connectivity index (χ1n) is 8.25. The number of nitrogens with zero attached hydrogens (tertiary/aromatic N) is 2. The summed E-state index contributed by atoms with van der Waals surface area (Å²) in [6.07, 6.45) is 3.13. The van der Waals surface area contributed by atoms with Crippen molar-refractivity contribution < 1.29 is 4.79 Å². The molecular formula is C19H24N2OS2. The molecule has 0 N–H and O–H groups in total. The van der Waals surface area contributed by atoms with Gasteiger partial charge < -0.3 is 4.90 Å². The number of carbonyl (C=O) groups excluding carboxylic acids is 1. The zero-order chi connectivity index (χ0) is 17.1. The topological polar surface area (TPSA) is 23.6 Å². The van der Waals surface area contributed by atoms with Gasteiger partial charge in [-0.1, -0.05) is 12.1 Å². The van der Waals surface area contributed by atoms with E-state index in [-0.39, 0.29) is 5.91 Å². The third-order valence-electron chi connectivity index (χ3n) is 4.75. The van der Waals surface area contributed by atoms with Crippen LogP contribution in [0.25, 0.3) is 0 Å². The fourth-order valence-electron chi connectivity index (χ4n) is 3.16. The SMILES string of the molecule is CSc1ccc(CN(C)C(=O)CN2CCc3sccc3[C@H]2C)cc1. The zero-order valence-corrected chi connectivity index (χ0v) is 16.1. The van der Waals surface area contributed by atoms with E-state index in [0.717, 1.165) is 13.0 Å². The number of benzene rings is 1. The molecule has 0 fully saturated rings. The lowest BCUT2D eigenvalue weighted by atomic mass is 10.0. The number of likely N-dealkylation sites (N-methyl/N-ethyl adjacent to an activating group) is 1. The lowest BCUT2D eigenvalue weighted by Gasteiger charge is -2.34. The maximum Gasteiger partial charge on any atom is 0.236 e. The van der Waals surface area contributed by atoms with Gasteiger partial charge in [0.15, 0.2) is 0 Å². The second-order valence-corrected chi connectivity index (χ2v) is 8.17. The van der Waals surface area contributed by atoms with Gasteiger partial charge in [-0.15, -0.1) is 23.1 Å². The van der Waals surface area contributed by atoms with Crippen molar-refractivity contribution in [2.24, 2.45) is 0 Å². The van der Waals surface area contributed by atoms with Crippen molar-refractivity contribution >= 4 is 29.0 Å². The largest absolute Gasteiger partial charge is 0.340 e. The Balaban J connectivity index is 1.58. The number of carbonyl (C=O) groups is 1. The Kier molecular flexibility index (Phi) is 5.64. The first-order valence-corrected chi connectivity index (χ1v) is 10.4. The number of hydrogen-bond acceptors (Lipinski definition) is 4. The molecule has 1 aliphatic heterocycles. The summed E-state index contributed by atoms with van der Waals surface area (Å²) in [5.41, 5.74) is 2.57. The fourth-order valence-corrected chi connectivity index (χ4v) is 4.54. The van der Waals surface area contributed by atoms with Gasteiger partial charge in [-0.2, -0.15) is 0 Å². The van der Waals surface area contributed by atoms with Crippen LogP contribution in [0.3, 0.4) is 0 Å². The minimum atomic E-state index is 0.189. The lowest BCUT2D eigenvalue weighted by molar-refractivity contribution is -0.132. The van der Waals surface area contributed by atoms with E-state index in [2.05, 4.69) is 53.8 Å². The average Bonchev–Trinajstić information content (AvgIpc) is 3.07. The van der Waals surface area contributed by atoms with Crippen molar-refractivity contribution in [3.8, 4) is 0 Å². The summed E-state index contributed by atoms with van der Waals surface area (Å²) >= 11 is 3.57. The molecule has 0 unspecified atom stereocenters. The Morgan fingerprint density at radius 2 is 2.08 bits per heavy atom. The number of fused-ring (bicyclic) bond motifs is 1. The van der Waals surface area contributed by atoms with Crippen LogP contribution in [0.15, 0.2) is 40.6 Å². The van der Waals surface area contributed by atoms with E-state index in [0.29, 0.717) is 19.1 Å². The third kappa shape index (κ3) is 3.85. The molecule has 3 rings (SSSR count). The van der Waals surface area contributed by atoms with Crippen LogP contribution >= 0.6 is 23.1 Å². The molecule has 128 valence electrons. The van der Waals surface area contributed by atoms with E-state index in [1.807, 2.05) is 23.3 Å². The van der Waals surface area contributed by atoms with E-state index in [1.165, 1.54) is 20.9 Å². The monoisotopic (exact) mass is 360 g/mol. The lowest BCUT2D eigenvalue weighted by Crippen LogP contribution is -2.41. The summed E-state index contributed by atoms with van der Waals surface area (Å²) in [4.78, 5) is 19.5. The minimum absolute atomic E-state index is 0.189. The summed E-state index contributed by atoms with van der Waals surface area (Å²) in [6.45, 7) is 4.34. The van der Waals surface area contributed by atoms with Crippen molar-refractivity contribution in [2.75, 3.05) is 26.4 Å². The number of thiophene rings is 1. The third-order valence-corrected chi connectivity index (χ3v) is 6.49. The number of amides is 1. The van der Waals surface area contributed by atoms with Gasteiger partial charge in [0.1, 0.15) is 0 Å². The highest BCUT2D eigenvalue weighted by Crippen LogP contribution is 2.32. The summed E-state index contributed by atoms with van der Waals surface area (Å²) in [5, 5.41) is 2.16. The molecule has 0 aliphatic carbocycles. The maximum atomic E-state index is 12.6.